The standard InChI is InChI=1S/C34H38Cl2N4O9/c1-38-12-2-13-40(33(38)45)22-9-15-39(16-10-22)14-8-20(21-3-5-24(35)25(36)17-21)7-11-37-31(43)23-4-6-26-30-29(23)48-28(42)19-34(46,32(44)49-30)18-27(41)47-26/h3-6,17,20,22,46H,2,7-16,18-19H2,1H3,(H,37,43). The molecule has 2 saturated heterocycles. The molecule has 262 valence electrons. The fraction of sp³-hybridized carbons (Fsp3) is 0.500. The maximum atomic E-state index is 13.5. The molecule has 4 aliphatic rings. The van der Waals surface area contributed by atoms with Crippen LogP contribution in [0.2, 0.25) is 10.0 Å². The number of hydrogen-bond donors (Lipinski definition) is 2. The SMILES string of the molecule is CN1CCCN(C2CCN(CCC(CCNC(=O)c3ccc4c5c3OC(=O)CC(O)(CC(=O)O4)C(=O)O5)c3ccc(Cl)c(Cl)c3)CC2)C1=O. The van der Waals surface area contributed by atoms with Gasteiger partial charge in [-0.25, -0.2) is 9.59 Å². The van der Waals surface area contributed by atoms with Gasteiger partial charge < -0.3 is 39.3 Å². The second kappa shape index (κ2) is 14.5. The van der Waals surface area contributed by atoms with Gasteiger partial charge in [0.1, 0.15) is 0 Å². The molecule has 49 heavy (non-hydrogen) atoms. The van der Waals surface area contributed by atoms with Gasteiger partial charge in [-0.15, -0.1) is 0 Å². The van der Waals surface area contributed by atoms with Crippen LogP contribution in [-0.4, -0.2) is 108 Å². The molecule has 15 heteroatoms. The molecule has 2 fully saturated rings. The number of carbonyl (C=O) groups excluding carboxylic acids is 5. The first-order chi connectivity index (χ1) is 23.4. The van der Waals surface area contributed by atoms with Gasteiger partial charge in [-0.2, -0.15) is 0 Å². The number of halogens is 2. The van der Waals surface area contributed by atoms with Crippen LogP contribution < -0.4 is 19.5 Å². The normalized spacial score (nSPS) is 22.4. The van der Waals surface area contributed by atoms with Gasteiger partial charge in [-0.05, 0) is 74.4 Å². The lowest BCUT2D eigenvalue weighted by molar-refractivity contribution is -0.170. The fourth-order valence-electron chi connectivity index (χ4n) is 6.90. The van der Waals surface area contributed by atoms with Crippen molar-refractivity contribution in [2.75, 3.05) is 46.3 Å². The minimum Gasteiger partial charge on any atom is -0.422 e. The van der Waals surface area contributed by atoms with Crippen molar-refractivity contribution in [1.29, 1.82) is 0 Å². The summed E-state index contributed by atoms with van der Waals surface area (Å²) in [7, 11) is 1.85. The summed E-state index contributed by atoms with van der Waals surface area (Å²) >= 11 is 12.6. The van der Waals surface area contributed by atoms with E-state index >= 15 is 0 Å². The van der Waals surface area contributed by atoms with E-state index in [4.69, 9.17) is 37.4 Å². The Hall–Kier alpha value is -3.91. The van der Waals surface area contributed by atoms with Gasteiger partial charge in [0, 0.05) is 45.8 Å². The minimum atomic E-state index is -2.46. The van der Waals surface area contributed by atoms with Crippen molar-refractivity contribution in [2.24, 2.45) is 0 Å². The molecule has 2 atom stereocenters. The number of esters is 3. The van der Waals surface area contributed by atoms with Crippen molar-refractivity contribution in [1.82, 2.24) is 20.0 Å². The highest BCUT2D eigenvalue weighted by Crippen LogP contribution is 2.44. The van der Waals surface area contributed by atoms with Crippen molar-refractivity contribution >= 4 is 53.0 Å². The molecule has 0 aromatic heterocycles. The van der Waals surface area contributed by atoms with Gasteiger partial charge in [-0.3, -0.25) is 14.4 Å². The van der Waals surface area contributed by atoms with Crippen LogP contribution in [0, 0.1) is 0 Å². The monoisotopic (exact) mass is 716 g/mol. The van der Waals surface area contributed by atoms with E-state index in [1.165, 1.54) is 12.1 Å². The smallest absolute Gasteiger partial charge is 0.345 e. The van der Waals surface area contributed by atoms with Gasteiger partial charge >= 0.3 is 23.9 Å². The van der Waals surface area contributed by atoms with Crippen molar-refractivity contribution in [3.63, 3.8) is 0 Å². The zero-order chi connectivity index (χ0) is 34.9. The van der Waals surface area contributed by atoms with E-state index in [0.29, 0.717) is 16.5 Å². The molecule has 13 nitrogen and oxygen atoms in total. The molecule has 4 heterocycles. The van der Waals surface area contributed by atoms with Crippen molar-refractivity contribution < 1.29 is 43.3 Å². The highest BCUT2D eigenvalue weighted by molar-refractivity contribution is 6.42. The van der Waals surface area contributed by atoms with Crippen LogP contribution in [-0.2, 0) is 14.4 Å². The Bertz CT molecular complexity index is 1660. The second-order valence-electron chi connectivity index (χ2n) is 13.0. The number of aliphatic hydroxyl groups is 1. The Morgan fingerprint density at radius 1 is 0.939 bits per heavy atom. The zero-order valence-corrected chi connectivity index (χ0v) is 28.6. The maximum Gasteiger partial charge on any atom is 0.345 e. The number of nitrogens with one attached hydrogen (secondary N) is 1. The van der Waals surface area contributed by atoms with Gasteiger partial charge in [0.15, 0.2) is 17.1 Å². The third kappa shape index (κ3) is 7.64. The van der Waals surface area contributed by atoms with E-state index in [-0.39, 0.29) is 41.6 Å². The lowest BCUT2D eigenvalue weighted by Crippen LogP contribution is -2.54. The van der Waals surface area contributed by atoms with Crippen molar-refractivity contribution in [3.05, 3.63) is 51.5 Å². The lowest BCUT2D eigenvalue weighted by Gasteiger charge is -2.42. The molecule has 0 spiro atoms. The Kier molecular flexibility index (Phi) is 10.4. The number of piperidine rings is 1. The predicted octanol–water partition coefficient (Wildman–Crippen LogP) is 3.76. The Labute approximate surface area is 293 Å². The van der Waals surface area contributed by atoms with Crippen LogP contribution in [0.1, 0.15) is 66.8 Å². The Morgan fingerprint density at radius 3 is 2.41 bits per heavy atom. The fourth-order valence-corrected chi connectivity index (χ4v) is 7.21. The highest BCUT2D eigenvalue weighted by Gasteiger charge is 2.48. The van der Waals surface area contributed by atoms with E-state index in [2.05, 4.69) is 10.2 Å². The highest BCUT2D eigenvalue weighted by atomic mass is 35.5. The predicted molar refractivity (Wildman–Crippen MR) is 177 cm³/mol. The summed E-state index contributed by atoms with van der Waals surface area (Å²) in [5.74, 6) is -4.83. The molecule has 2 unspecified atom stereocenters. The zero-order valence-electron chi connectivity index (χ0n) is 27.0. The van der Waals surface area contributed by atoms with Gasteiger partial charge in [-0.1, -0.05) is 29.3 Å². The summed E-state index contributed by atoms with van der Waals surface area (Å²) in [6.45, 7) is 4.39. The van der Waals surface area contributed by atoms with Gasteiger partial charge in [0.25, 0.3) is 5.91 Å². The average Bonchev–Trinajstić information content (AvgIpc) is 3.05. The minimum absolute atomic E-state index is 0.00171. The number of amides is 3. The topological polar surface area (TPSA) is 155 Å². The molecular formula is C34H38Cl2N4O9. The molecule has 0 saturated carbocycles. The molecule has 3 amide bonds. The largest absolute Gasteiger partial charge is 0.422 e. The number of carbonyl (C=O) groups is 5. The summed E-state index contributed by atoms with van der Waals surface area (Å²) in [6, 6.07) is 8.43. The van der Waals surface area contributed by atoms with Crippen LogP contribution in [0.3, 0.4) is 0 Å². The van der Waals surface area contributed by atoms with Gasteiger partial charge in [0.2, 0.25) is 5.75 Å². The number of benzene rings is 2. The second-order valence-corrected chi connectivity index (χ2v) is 13.8. The summed E-state index contributed by atoms with van der Waals surface area (Å²) in [6.07, 6.45) is 2.46. The van der Waals surface area contributed by atoms with Crippen molar-refractivity contribution in [2.45, 2.75) is 62.5 Å². The molecule has 0 radical (unpaired) electrons. The molecule has 2 N–H and O–H groups in total. The summed E-state index contributed by atoms with van der Waals surface area (Å²) in [4.78, 5) is 70.1. The number of urea groups is 1. The third-order valence-corrected chi connectivity index (χ3v) is 10.4. The molecule has 2 aromatic rings. The lowest BCUT2D eigenvalue weighted by atomic mass is 9.91. The molecule has 6 rings (SSSR count). The first-order valence-corrected chi connectivity index (χ1v) is 17.2. The molecule has 4 aliphatic heterocycles. The van der Waals surface area contributed by atoms with E-state index in [0.717, 1.165) is 64.0 Å². The van der Waals surface area contributed by atoms with Crippen LogP contribution in [0.4, 0.5) is 4.79 Å². The van der Waals surface area contributed by atoms with E-state index in [9.17, 15) is 29.1 Å². The molecule has 2 aromatic carbocycles. The summed E-state index contributed by atoms with van der Waals surface area (Å²) < 4.78 is 15.9. The summed E-state index contributed by atoms with van der Waals surface area (Å²) in [5.41, 5.74) is -1.60. The van der Waals surface area contributed by atoms with Crippen LogP contribution in [0.15, 0.2) is 30.3 Å². The first-order valence-electron chi connectivity index (χ1n) is 16.4. The quantitative estimate of drug-likeness (QED) is 0.290. The Balaban J connectivity index is 1.12. The maximum absolute atomic E-state index is 13.5. The molecule has 0 aliphatic carbocycles. The first kappa shape index (κ1) is 34.9. The number of ether oxygens (including phenoxy) is 3. The van der Waals surface area contributed by atoms with Gasteiger partial charge in [0.05, 0.1) is 28.5 Å². The van der Waals surface area contributed by atoms with E-state index in [1.807, 2.05) is 24.1 Å². The van der Waals surface area contributed by atoms with Crippen LogP contribution in [0.5, 0.6) is 17.2 Å². The van der Waals surface area contributed by atoms with Crippen LogP contribution in [0.25, 0.3) is 0 Å². The van der Waals surface area contributed by atoms with E-state index < -0.39 is 48.0 Å². The van der Waals surface area contributed by atoms with Crippen molar-refractivity contribution in [3.8, 4) is 17.2 Å². The Morgan fingerprint density at radius 2 is 1.67 bits per heavy atom. The van der Waals surface area contributed by atoms with Crippen LogP contribution >= 0.6 is 23.2 Å². The molecular weight excluding hydrogens is 679 g/mol. The number of hydrogen-bond acceptors (Lipinski definition) is 10. The molecule has 2 bridgehead atoms. The number of fused-ring (bicyclic) bond motifs is 2. The third-order valence-electron chi connectivity index (χ3n) is 9.66. The van der Waals surface area contributed by atoms with E-state index in [1.54, 1.807) is 11.0 Å². The number of likely N-dealkylation sites (tertiary alicyclic amines) is 1. The number of nitrogens with zero attached hydrogens (tertiary/aromatic N) is 3. The summed E-state index contributed by atoms with van der Waals surface area (Å²) in [5, 5.41) is 14.4. The average molecular weight is 718 g/mol. The number of rotatable bonds is 9.